The Morgan fingerprint density at radius 1 is 1.06 bits per heavy atom. The van der Waals surface area contributed by atoms with E-state index in [1.165, 1.54) is 35.0 Å². The van der Waals surface area contributed by atoms with E-state index in [-0.39, 0.29) is 0 Å². The Bertz CT molecular complexity index is 278. The van der Waals surface area contributed by atoms with E-state index in [2.05, 4.69) is 64.4 Å². The van der Waals surface area contributed by atoms with Crippen LogP contribution in [-0.4, -0.2) is 18.0 Å². The van der Waals surface area contributed by atoms with Gasteiger partial charge in [0.25, 0.3) is 0 Å². The van der Waals surface area contributed by atoms with Crippen LogP contribution in [0.1, 0.15) is 33.3 Å². The van der Waals surface area contributed by atoms with Gasteiger partial charge in [-0.15, -0.1) is 5.56 Å². The van der Waals surface area contributed by atoms with Crippen molar-refractivity contribution in [1.29, 1.82) is 0 Å². The molecule has 0 unspecified atom stereocenters. The number of halogens is 1. The molecular weight excluding hydrogens is 339 g/mol. The molecule has 0 spiro atoms. The van der Waals surface area contributed by atoms with Crippen molar-refractivity contribution in [2.24, 2.45) is 11.8 Å². The van der Waals surface area contributed by atoms with Crippen LogP contribution in [0.5, 0.6) is 0 Å². The SMILES string of the molecule is CC(C)CN(Cc1cc[c-]cc1)CC(C)C.[Zn+][Br]. The van der Waals surface area contributed by atoms with Crippen LogP contribution in [0.25, 0.3) is 0 Å². The molecule has 0 heterocycles. The maximum absolute atomic E-state index is 3.07. The van der Waals surface area contributed by atoms with E-state index in [9.17, 15) is 0 Å². The molecule has 1 rings (SSSR count). The fourth-order valence-electron chi connectivity index (χ4n) is 2.02. The van der Waals surface area contributed by atoms with Gasteiger partial charge in [0.15, 0.2) is 0 Å². The van der Waals surface area contributed by atoms with E-state index in [0.717, 1.165) is 18.4 Å². The third-order valence-corrected chi connectivity index (χ3v) is 2.44. The molecule has 0 N–H and O–H groups in total. The molecule has 1 aromatic carbocycles. The van der Waals surface area contributed by atoms with E-state index in [1.54, 1.807) is 0 Å². The van der Waals surface area contributed by atoms with Gasteiger partial charge in [0.05, 0.1) is 0 Å². The number of rotatable bonds is 6. The summed E-state index contributed by atoms with van der Waals surface area (Å²) in [5.74, 6) is 1.46. The molecule has 0 fully saturated rings. The molecule has 18 heavy (non-hydrogen) atoms. The van der Waals surface area contributed by atoms with E-state index in [1.807, 2.05) is 12.1 Å². The van der Waals surface area contributed by atoms with E-state index in [4.69, 9.17) is 0 Å². The third-order valence-electron chi connectivity index (χ3n) is 2.44. The Hall–Kier alpha value is 0.283. The monoisotopic (exact) mass is 361 g/mol. The average Bonchev–Trinajstić information content (AvgIpc) is 2.31. The summed E-state index contributed by atoms with van der Waals surface area (Å²) >= 11 is 4.25. The minimum absolute atomic E-state index is 0.731. The summed E-state index contributed by atoms with van der Waals surface area (Å²) in [7, 11) is 0. The van der Waals surface area contributed by atoms with Crippen LogP contribution in [0.3, 0.4) is 0 Å². The van der Waals surface area contributed by atoms with Gasteiger partial charge in [0.1, 0.15) is 0 Å². The molecule has 98 valence electrons. The Balaban J connectivity index is 0.00000137. The van der Waals surface area contributed by atoms with Gasteiger partial charge in [0.2, 0.25) is 0 Å². The number of nitrogens with zero attached hydrogens (tertiary/aromatic N) is 1. The molecule has 0 aliphatic heterocycles. The predicted octanol–water partition coefficient (Wildman–Crippen LogP) is 4.44. The maximum atomic E-state index is 3.07. The van der Waals surface area contributed by atoms with E-state index >= 15 is 0 Å². The van der Waals surface area contributed by atoms with Crippen molar-refractivity contribution in [1.82, 2.24) is 4.90 Å². The first-order valence-corrected chi connectivity index (χ1v) is 13.5. The van der Waals surface area contributed by atoms with Crippen LogP contribution in [-0.2, 0) is 22.9 Å². The molecule has 0 aliphatic rings. The van der Waals surface area contributed by atoms with Crippen molar-refractivity contribution in [2.75, 3.05) is 13.1 Å². The van der Waals surface area contributed by atoms with Gasteiger partial charge >= 0.3 is 30.0 Å². The Labute approximate surface area is 129 Å². The first-order chi connectivity index (χ1) is 8.58. The molecule has 0 aliphatic carbocycles. The van der Waals surface area contributed by atoms with E-state index in [0.29, 0.717) is 0 Å². The predicted molar refractivity (Wildman–Crippen MR) is 79.2 cm³/mol. The van der Waals surface area contributed by atoms with Gasteiger partial charge in [-0.05, 0) is 11.8 Å². The van der Waals surface area contributed by atoms with Crippen molar-refractivity contribution in [3.63, 3.8) is 0 Å². The van der Waals surface area contributed by atoms with Gasteiger partial charge in [-0.2, -0.15) is 30.3 Å². The molecular formula is C15H24BrNZn. The van der Waals surface area contributed by atoms with Gasteiger partial charge in [-0.3, -0.25) is 0 Å². The summed E-state index contributed by atoms with van der Waals surface area (Å²) in [5.41, 5.74) is 1.39. The summed E-state index contributed by atoms with van der Waals surface area (Å²) in [6, 6.07) is 11.4. The van der Waals surface area contributed by atoms with Crippen LogP contribution in [0.4, 0.5) is 0 Å². The van der Waals surface area contributed by atoms with Crippen LogP contribution < -0.4 is 0 Å². The second-order valence-electron chi connectivity index (χ2n) is 5.39. The molecule has 0 saturated carbocycles. The number of hydrogen-bond acceptors (Lipinski definition) is 1. The minimum atomic E-state index is 0.731. The normalized spacial score (nSPS) is 10.8. The van der Waals surface area contributed by atoms with Crippen molar-refractivity contribution in [3.05, 3.63) is 35.9 Å². The molecule has 0 atom stereocenters. The molecule has 3 heteroatoms. The second kappa shape index (κ2) is 11.1. The van der Waals surface area contributed by atoms with Gasteiger partial charge < -0.3 is 4.90 Å². The fraction of sp³-hybridized carbons (Fsp3) is 0.600. The van der Waals surface area contributed by atoms with Crippen LogP contribution in [0.2, 0.25) is 0 Å². The molecule has 1 nitrogen and oxygen atoms in total. The summed E-state index contributed by atoms with van der Waals surface area (Å²) < 4.78 is 0. The summed E-state index contributed by atoms with van der Waals surface area (Å²) in [4.78, 5) is 2.55. The third kappa shape index (κ3) is 9.24. The fourth-order valence-corrected chi connectivity index (χ4v) is 2.02. The molecule has 0 amide bonds. The standard InChI is InChI=1S/C15H24N.BrH.Zn/c1-13(2)10-16(11-14(3)4)12-15-8-6-5-7-9-15;;/h6-9,13-14H,10-12H2,1-4H3;1H;/q-1;;+2/p-1. The zero-order valence-corrected chi connectivity index (χ0v) is 16.7. The first-order valence-electron chi connectivity index (χ1n) is 6.52. The summed E-state index contributed by atoms with van der Waals surface area (Å²) in [6.07, 6.45) is 0. The zero-order valence-electron chi connectivity index (χ0n) is 12.1. The first kappa shape index (κ1) is 18.3. The van der Waals surface area contributed by atoms with Crippen molar-refractivity contribution in [3.8, 4) is 0 Å². The number of hydrogen-bond donors (Lipinski definition) is 0. The molecule has 0 saturated heterocycles. The van der Waals surface area contributed by atoms with Gasteiger partial charge in [0, 0.05) is 19.6 Å². The van der Waals surface area contributed by atoms with Crippen molar-refractivity contribution < 1.29 is 16.3 Å². The van der Waals surface area contributed by atoms with Crippen molar-refractivity contribution >= 4 is 13.6 Å². The molecule has 1 aromatic rings. The molecule has 0 radical (unpaired) electrons. The number of benzene rings is 1. The van der Waals surface area contributed by atoms with Gasteiger partial charge in [-0.25, -0.2) is 0 Å². The van der Waals surface area contributed by atoms with Gasteiger partial charge in [-0.1, -0.05) is 27.7 Å². The Kier molecular flexibility index (Phi) is 11.3. The average molecular weight is 364 g/mol. The second-order valence-corrected chi connectivity index (χ2v) is 5.39. The Morgan fingerprint density at radius 2 is 1.50 bits per heavy atom. The van der Waals surface area contributed by atoms with Crippen LogP contribution in [0, 0.1) is 17.9 Å². The van der Waals surface area contributed by atoms with E-state index < -0.39 is 0 Å². The molecule has 0 aromatic heterocycles. The Morgan fingerprint density at radius 3 is 1.89 bits per heavy atom. The topological polar surface area (TPSA) is 3.24 Å². The van der Waals surface area contributed by atoms with Crippen molar-refractivity contribution in [2.45, 2.75) is 34.2 Å². The summed E-state index contributed by atoms with van der Waals surface area (Å²) in [6.45, 7) is 12.6. The van der Waals surface area contributed by atoms with Crippen LogP contribution >= 0.6 is 13.6 Å². The summed E-state index contributed by atoms with van der Waals surface area (Å²) in [5, 5.41) is 0. The van der Waals surface area contributed by atoms with Crippen LogP contribution in [0.15, 0.2) is 24.3 Å². The zero-order chi connectivity index (χ0) is 14.0. The quantitative estimate of drug-likeness (QED) is 0.533. The molecule has 0 bridgehead atoms.